The van der Waals surface area contributed by atoms with Crippen molar-refractivity contribution in [3.63, 3.8) is 0 Å². The van der Waals surface area contributed by atoms with Crippen molar-refractivity contribution in [2.75, 3.05) is 5.32 Å². The molecule has 7 aromatic carbocycles. The highest BCUT2D eigenvalue weighted by atomic mass is 14.9. The van der Waals surface area contributed by atoms with Crippen LogP contribution in [-0.2, 0) is 12.8 Å². The lowest BCUT2D eigenvalue weighted by molar-refractivity contribution is 1.04. The van der Waals surface area contributed by atoms with Crippen LogP contribution in [0.25, 0.3) is 60.8 Å². The minimum Gasteiger partial charge on any atom is -0.355 e. The maximum Gasteiger partial charge on any atom is 0.0545 e. The number of nitrogens with one attached hydrogen (secondary N) is 2. The summed E-state index contributed by atoms with van der Waals surface area (Å²) in [6.07, 6.45) is 7.68. The molecule has 0 aliphatic heterocycles. The molecule has 8 aromatic rings. The quantitative estimate of drug-likeness (QED) is 0.176. The first-order valence-corrected chi connectivity index (χ1v) is 19.8. The van der Waals surface area contributed by atoms with Crippen molar-refractivity contribution in [1.82, 2.24) is 4.98 Å². The molecule has 0 unspecified atom stereocenters. The number of H-pyrrole nitrogens is 1. The highest BCUT2D eigenvalue weighted by Gasteiger charge is 2.22. The van der Waals surface area contributed by atoms with Gasteiger partial charge in [0, 0.05) is 33.2 Å². The van der Waals surface area contributed by atoms with Crippen LogP contribution in [0.15, 0.2) is 175 Å². The van der Waals surface area contributed by atoms with Crippen LogP contribution in [0.5, 0.6) is 0 Å². The van der Waals surface area contributed by atoms with E-state index in [2.05, 4.69) is 194 Å². The molecule has 0 bridgehead atoms. The highest BCUT2D eigenvalue weighted by molar-refractivity contribution is 6.17. The molecular formula is C53H48N2. The fraction of sp³-hybridized carbons (Fsp3) is 0.132. The van der Waals surface area contributed by atoms with Crippen molar-refractivity contribution in [3.05, 3.63) is 198 Å². The molecule has 0 amide bonds. The summed E-state index contributed by atoms with van der Waals surface area (Å²) >= 11 is 0. The van der Waals surface area contributed by atoms with Gasteiger partial charge in [0.25, 0.3) is 0 Å². The Balaban J connectivity index is 0.000000167. The van der Waals surface area contributed by atoms with Crippen LogP contribution in [0, 0.1) is 0 Å². The molecule has 1 aromatic heterocycles. The van der Waals surface area contributed by atoms with Gasteiger partial charge in [-0.25, -0.2) is 0 Å². The van der Waals surface area contributed by atoms with E-state index in [0.717, 1.165) is 36.2 Å². The lowest BCUT2D eigenvalue weighted by Gasteiger charge is -2.11. The monoisotopic (exact) mass is 712 g/mol. The number of para-hydroxylation sites is 1. The topological polar surface area (TPSA) is 27.8 Å². The number of aromatic nitrogens is 1. The van der Waals surface area contributed by atoms with Crippen molar-refractivity contribution in [2.24, 2.45) is 0 Å². The van der Waals surface area contributed by atoms with Crippen LogP contribution >= 0.6 is 0 Å². The largest absolute Gasteiger partial charge is 0.355 e. The van der Waals surface area contributed by atoms with E-state index in [-0.39, 0.29) is 0 Å². The van der Waals surface area contributed by atoms with E-state index in [1.807, 2.05) is 13.8 Å². The van der Waals surface area contributed by atoms with E-state index in [4.69, 9.17) is 0 Å². The number of hydrogen-bond donors (Lipinski definition) is 2. The molecule has 2 aliphatic rings. The van der Waals surface area contributed by atoms with Gasteiger partial charge in [-0.15, -0.1) is 0 Å². The molecule has 0 spiro atoms. The normalized spacial score (nSPS) is 12.5. The van der Waals surface area contributed by atoms with Gasteiger partial charge >= 0.3 is 0 Å². The molecule has 2 heteroatoms. The SMILES string of the molecule is C/C=C\C1=C(CC)Cc2cccc(-c3ccccc3)c21.CC.c1ccc(-c2cccc3c2[nH]c2cccc(Nc4ccc5c(c4)-c4ccccc4C5)c23)cc1. The third-order valence-corrected chi connectivity index (χ3v) is 10.9. The fourth-order valence-corrected chi connectivity index (χ4v) is 8.41. The van der Waals surface area contributed by atoms with Crippen LogP contribution < -0.4 is 5.32 Å². The molecule has 2 N–H and O–H groups in total. The first-order valence-electron chi connectivity index (χ1n) is 19.8. The first kappa shape index (κ1) is 35.6. The van der Waals surface area contributed by atoms with Gasteiger partial charge in [0.1, 0.15) is 0 Å². The molecule has 0 saturated carbocycles. The standard InChI is InChI=1S/C31H22N2.C20H20.C2H6/c1-2-8-20(9-3-1)25-12-6-13-26-30-28(14-7-15-29(30)33-31(25)26)32-23-17-16-22-18-21-10-4-5-11-24(21)27(22)19-23;1-3-9-18-15(4-2)14-17-12-8-13-19(20(17)18)16-10-6-5-7-11-16;1-2/h1-17,19,32-33H,18H2;3,5-13H,4,14H2,1-2H3;1-2H3/b;9-3-;. The van der Waals surface area contributed by atoms with Gasteiger partial charge in [0.05, 0.1) is 5.52 Å². The Kier molecular flexibility index (Phi) is 10.3. The Bertz CT molecular complexity index is 2670. The first-order chi connectivity index (χ1) is 27.2. The number of rotatable bonds is 6. The molecule has 2 aliphatic carbocycles. The van der Waals surface area contributed by atoms with E-state index < -0.39 is 0 Å². The number of fused-ring (bicyclic) bond motifs is 7. The number of benzene rings is 7. The molecule has 0 atom stereocenters. The highest BCUT2D eigenvalue weighted by Crippen LogP contribution is 2.42. The molecule has 0 fully saturated rings. The Labute approximate surface area is 325 Å². The predicted molar refractivity (Wildman–Crippen MR) is 238 cm³/mol. The van der Waals surface area contributed by atoms with Crippen molar-refractivity contribution >= 4 is 38.8 Å². The maximum absolute atomic E-state index is 3.72. The fourth-order valence-electron chi connectivity index (χ4n) is 8.41. The van der Waals surface area contributed by atoms with Crippen LogP contribution in [0.2, 0.25) is 0 Å². The van der Waals surface area contributed by atoms with E-state index in [1.165, 1.54) is 77.5 Å². The van der Waals surface area contributed by atoms with E-state index in [1.54, 1.807) is 5.57 Å². The van der Waals surface area contributed by atoms with Gasteiger partial charge in [-0.3, -0.25) is 0 Å². The second kappa shape index (κ2) is 15.9. The van der Waals surface area contributed by atoms with Crippen LogP contribution in [0.3, 0.4) is 0 Å². The summed E-state index contributed by atoms with van der Waals surface area (Å²) in [5, 5.41) is 6.19. The smallest absolute Gasteiger partial charge is 0.0545 e. The van der Waals surface area contributed by atoms with Gasteiger partial charge in [-0.1, -0.05) is 172 Å². The van der Waals surface area contributed by atoms with E-state index >= 15 is 0 Å². The number of hydrogen-bond acceptors (Lipinski definition) is 1. The molecule has 10 rings (SSSR count). The average Bonchev–Trinajstić information content (AvgIpc) is 3.94. The van der Waals surface area contributed by atoms with E-state index in [9.17, 15) is 0 Å². The Morgan fingerprint density at radius 3 is 1.98 bits per heavy atom. The average molecular weight is 713 g/mol. The second-order valence-electron chi connectivity index (χ2n) is 14.0. The zero-order valence-electron chi connectivity index (χ0n) is 32.3. The summed E-state index contributed by atoms with van der Waals surface area (Å²) in [5.41, 5.74) is 21.1. The molecule has 0 saturated heterocycles. The van der Waals surface area contributed by atoms with Crippen molar-refractivity contribution in [3.8, 4) is 33.4 Å². The summed E-state index contributed by atoms with van der Waals surface area (Å²) in [5.74, 6) is 0. The molecule has 55 heavy (non-hydrogen) atoms. The molecule has 1 heterocycles. The summed E-state index contributed by atoms with van der Waals surface area (Å²) in [7, 11) is 0. The lowest BCUT2D eigenvalue weighted by Crippen LogP contribution is -1.92. The number of allylic oxidation sites excluding steroid dienone is 4. The minimum atomic E-state index is 1.02. The van der Waals surface area contributed by atoms with Crippen molar-refractivity contribution < 1.29 is 0 Å². The predicted octanol–water partition coefficient (Wildman–Crippen LogP) is 15.0. The minimum absolute atomic E-state index is 1.02. The van der Waals surface area contributed by atoms with Gasteiger partial charge in [0.15, 0.2) is 0 Å². The number of anilines is 2. The third kappa shape index (κ3) is 6.81. The second-order valence-corrected chi connectivity index (χ2v) is 14.0. The molecule has 2 nitrogen and oxygen atoms in total. The molecule has 270 valence electrons. The summed E-state index contributed by atoms with van der Waals surface area (Å²) in [6, 6.07) is 56.5. The summed E-state index contributed by atoms with van der Waals surface area (Å²) < 4.78 is 0. The summed E-state index contributed by atoms with van der Waals surface area (Å²) in [4.78, 5) is 3.69. The Morgan fingerprint density at radius 2 is 1.22 bits per heavy atom. The van der Waals surface area contributed by atoms with Crippen LogP contribution in [0.1, 0.15) is 56.4 Å². The van der Waals surface area contributed by atoms with Crippen LogP contribution in [0.4, 0.5) is 11.4 Å². The van der Waals surface area contributed by atoms with Gasteiger partial charge < -0.3 is 10.3 Å². The van der Waals surface area contributed by atoms with Gasteiger partial charge in [-0.05, 0) is 106 Å². The van der Waals surface area contributed by atoms with Crippen molar-refractivity contribution in [1.29, 1.82) is 0 Å². The Hall–Kier alpha value is -6.38. The zero-order chi connectivity index (χ0) is 37.7. The van der Waals surface area contributed by atoms with Gasteiger partial charge in [0.2, 0.25) is 0 Å². The number of aromatic amines is 1. The lowest BCUT2D eigenvalue weighted by atomic mass is 9.93. The van der Waals surface area contributed by atoms with Crippen LogP contribution in [-0.4, -0.2) is 4.98 Å². The van der Waals surface area contributed by atoms with Gasteiger partial charge in [-0.2, -0.15) is 0 Å². The zero-order valence-corrected chi connectivity index (χ0v) is 32.3. The van der Waals surface area contributed by atoms with Crippen molar-refractivity contribution in [2.45, 2.75) is 47.0 Å². The molecular weight excluding hydrogens is 665 g/mol. The molecule has 0 radical (unpaired) electrons. The third-order valence-electron chi connectivity index (χ3n) is 10.9. The summed E-state index contributed by atoms with van der Waals surface area (Å²) in [6.45, 7) is 8.36. The maximum atomic E-state index is 3.72. The Morgan fingerprint density at radius 1 is 0.582 bits per heavy atom. The van der Waals surface area contributed by atoms with E-state index in [0.29, 0.717) is 0 Å².